The molecule has 3 aromatic rings. The molecule has 0 aliphatic rings. The number of benzene rings is 1. The van der Waals surface area contributed by atoms with Crippen LogP contribution in [0.3, 0.4) is 0 Å². The molecule has 0 saturated heterocycles. The van der Waals surface area contributed by atoms with Crippen molar-refractivity contribution in [2.24, 2.45) is 0 Å². The van der Waals surface area contributed by atoms with Crippen LogP contribution in [-0.2, 0) is 11.2 Å². The van der Waals surface area contributed by atoms with Crippen molar-refractivity contribution in [3.63, 3.8) is 0 Å². The molecular weight excluding hydrogens is 451 g/mol. The number of aromatic nitrogens is 3. The molecular formula is C23H28F3N5OS. The highest BCUT2D eigenvalue weighted by molar-refractivity contribution is 7.11. The van der Waals surface area contributed by atoms with Crippen molar-refractivity contribution in [1.82, 2.24) is 25.2 Å². The Kier molecular flexibility index (Phi) is 8.25. The number of nitrogens with zero attached hydrogens (tertiary/aromatic N) is 3. The predicted molar refractivity (Wildman–Crippen MR) is 123 cm³/mol. The number of nitrogens with one attached hydrogen (secondary N) is 2. The van der Waals surface area contributed by atoms with Gasteiger partial charge in [-0.25, -0.2) is 9.97 Å². The summed E-state index contributed by atoms with van der Waals surface area (Å²) in [5, 5.41) is 3.52. The smallest absolute Gasteiger partial charge is 0.355 e. The van der Waals surface area contributed by atoms with Crippen LogP contribution in [0.2, 0.25) is 0 Å². The summed E-state index contributed by atoms with van der Waals surface area (Å²) in [5.41, 5.74) is 3.06. The average Bonchev–Trinajstić information content (AvgIpc) is 3.42. The average molecular weight is 480 g/mol. The highest BCUT2D eigenvalue weighted by atomic mass is 32.1. The lowest BCUT2D eigenvalue weighted by Crippen LogP contribution is -2.42. The molecule has 6 nitrogen and oxygen atoms in total. The van der Waals surface area contributed by atoms with E-state index in [2.05, 4.69) is 20.3 Å². The zero-order valence-corrected chi connectivity index (χ0v) is 19.6. The van der Waals surface area contributed by atoms with Gasteiger partial charge in [-0.3, -0.25) is 4.79 Å². The quantitative estimate of drug-likeness (QED) is 0.447. The third-order valence-corrected chi connectivity index (χ3v) is 6.53. The van der Waals surface area contributed by atoms with Gasteiger partial charge in [0.2, 0.25) is 5.91 Å². The number of carbonyl (C=O) groups excluding carboxylic acids is 1. The number of hydrogen-bond donors (Lipinski definition) is 2. The molecule has 0 bridgehead atoms. The topological polar surface area (TPSA) is 73.9 Å². The standard InChI is InChI=1S/C23H28F3N5OS/c1-15-28-13-21(33-15)18(10-23(24,25)26)9-22(32)29-11-19(31(2)3)8-16-4-6-17(7-5-16)20-12-27-14-30-20/h4-7,12-14,18-19H,8-11H2,1-3H3,(H,27,30)(H,29,32)/t18-,19+/m1/s1. The van der Waals surface area contributed by atoms with Crippen LogP contribution in [0.15, 0.2) is 43.0 Å². The molecule has 0 spiro atoms. The number of imidazole rings is 1. The van der Waals surface area contributed by atoms with E-state index in [1.807, 2.05) is 43.3 Å². The third-order valence-electron chi connectivity index (χ3n) is 5.45. The molecule has 1 amide bonds. The van der Waals surface area contributed by atoms with Crippen LogP contribution in [0.4, 0.5) is 13.2 Å². The highest BCUT2D eigenvalue weighted by Gasteiger charge is 2.34. The van der Waals surface area contributed by atoms with Crippen LogP contribution < -0.4 is 5.32 Å². The number of halogens is 3. The lowest BCUT2D eigenvalue weighted by molar-refractivity contribution is -0.140. The molecule has 0 aliphatic heterocycles. The van der Waals surface area contributed by atoms with E-state index in [0.717, 1.165) is 16.8 Å². The Labute approximate surface area is 195 Å². The van der Waals surface area contributed by atoms with Gasteiger partial charge in [-0.15, -0.1) is 11.3 Å². The normalized spacial score (nSPS) is 13.8. The van der Waals surface area contributed by atoms with Crippen LogP contribution in [0.25, 0.3) is 11.3 Å². The number of aromatic amines is 1. The monoisotopic (exact) mass is 479 g/mol. The summed E-state index contributed by atoms with van der Waals surface area (Å²) in [6.45, 7) is 2.08. The van der Waals surface area contributed by atoms with Crippen LogP contribution in [0.5, 0.6) is 0 Å². The lowest BCUT2D eigenvalue weighted by atomic mass is 9.99. The number of aryl methyl sites for hydroxylation is 1. The SMILES string of the molecule is Cc1ncc([C@H](CC(=O)NC[C@H](Cc2ccc(-c3cnc[nH]3)cc2)N(C)C)CC(F)(F)F)s1. The van der Waals surface area contributed by atoms with E-state index in [1.54, 1.807) is 19.4 Å². The van der Waals surface area contributed by atoms with Gasteiger partial charge in [0.1, 0.15) is 0 Å². The maximum atomic E-state index is 13.1. The molecule has 10 heteroatoms. The van der Waals surface area contributed by atoms with Crippen molar-refractivity contribution in [1.29, 1.82) is 0 Å². The third kappa shape index (κ3) is 7.68. The summed E-state index contributed by atoms with van der Waals surface area (Å²) >= 11 is 1.20. The van der Waals surface area contributed by atoms with E-state index >= 15 is 0 Å². The van der Waals surface area contributed by atoms with Gasteiger partial charge in [0.05, 0.1) is 29.6 Å². The summed E-state index contributed by atoms with van der Waals surface area (Å²) in [5.74, 6) is -1.32. The Balaban J connectivity index is 1.58. The molecule has 1 aromatic carbocycles. The maximum Gasteiger partial charge on any atom is 0.389 e. The molecule has 2 N–H and O–H groups in total. The van der Waals surface area contributed by atoms with Crippen LogP contribution in [-0.4, -0.2) is 58.6 Å². The molecule has 0 fully saturated rings. The fourth-order valence-electron chi connectivity index (χ4n) is 3.59. The van der Waals surface area contributed by atoms with Crippen molar-refractivity contribution in [3.05, 3.63) is 58.4 Å². The van der Waals surface area contributed by atoms with E-state index in [-0.39, 0.29) is 12.5 Å². The van der Waals surface area contributed by atoms with Gasteiger partial charge in [0.25, 0.3) is 0 Å². The first-order valence-electron chi connectivity index (χ1n) is 10.6. The number of hydrogen-bond acceptors (Lipinski definition) is 5. The van der Waals surface area contributed by atoms with Gasteiger partial charge in [0.15, 0.2) is 0 Å². The van der Waals surface area contributed by atoms with Crippen LogP contribution >= 0.6 is 11.3 Å². The van der Waals surface area contributed by atoms with Crippen molar-refractivity contribution in [2.45, 2.75) is 44.3 Å². The summed E-state index contributed by atoms with van der Waals surface area (Å²) in [6.07, 6.45) is -0.0919. The number of amides is 1. The molecule has 33 heavy (non-hydrogen) atoms. The molecule has 178 valence electrons. The Morgan fingerprint density at radius 1 is 1.21 bits per heavy atom. The first kappa shape index (κ1) is 24.9. The summed E-state index contributed by atoms with van der Waals surface area (Å²) in [4.78, 5) is 26.2. The van der Waals surface area contributed by atoms with Crippen molar-refractivity contribution in [3.8, 4) is 11.3 Å². The second kappa shape index (κ2) is 10.9. The van der Waals surface area contributed by atoms with Gasteiger partial charge < -0.3 is 15.2 Å². The molecule has 0 saturated carbocycles. The van der Waals surface area contributed by atoms with Gasteiger partial charge in [-0.1, -0.05) is 24.3 Å². The number of thiazole rings is 1. The Morgan fingerprint density at radius 2 is 1.94 bits per heavy atom. The van der Waals surface area contributed by atoms with Crippen LogP contribution in [0, 0.1) is 6.92 Å². The van der Waals surface area contributed by atoms with Crippen molar-refractivity contribution >= 4 is 17.2 Å². The Morgan fingerprint density at radius 3 is 2.48 bits per heavy atom. The Hall–Kier alpha value is -2.72. The van der Waals surface area contributed by atoms with Crippen molar-refractivity contribution < 1.29 is 18.0 Å². The number of alkyl halides is 3. The van der Waals surface area contributed by atoms with Crippen LogP contribution in [0.1, 0.15) is 34.2 Å². The molecule has 0 aliphatic carbocycles. The molecule has 3 rings (SSSR count). The molecule has 0 radical (unpaired) electrons. The largest absolute Gasteiger partial charge is 0.389 e. The van der Waals surface area contributed by atoms with E-state index in [0.29, 0.717) is 22.9 Å². The fraction of sp³-hybridized carbons (Fsp3) is 0.435. The number of H-pyrrole nitrogens is 1. The highest BCUT2D eigenvalue weighted by Crippen LogP contribution is 2.35. The minimum atomic E-state index is -4.35. The minimum Gasteiger partial charge on any atom is -0.355 e. The maximum absolute atomic E-state index is 13.1. The molecule has 0 unspecified atom stereocenters. The van der Waals surface area contributed by atoms with Gasteiger partial charge in [-0.05, 0) is 38.6 Å². The van der Waals surface area contributed by atoms with Gasteiger partial charge >= 0.3 is 6.18 Å². The first-order valence-corrected chi connectivity index (χ1v) is 11.4. The second-order valence-electron chi connectivity index (χ2n) is 8.29. The number of likely N-dealkylation sites (N-methyl/N-ethyl adjacent to an activating group) is 1. The number of carbonyl (C=O) groups is 1. The van der Waals surface area contributed by atoms with E-state index < -0.39 is 24.4 Å². The molecule has 2 aromatic heterocycles. The van der Waals surface area contributed by atoms with E-state index in [9.17, 15) is 18.0 Å². The van der Waals surface area contributed by atoms with Crippen molar-refractivity contribution in [2.75, 3.05) is 20.6 Å². The fourth-order valence-corrected chi connectivity index (χ4v) is 4.48. The number of rotatable bonds is 10. The summed E-state index contributed by atoms with van der Waals surface area (Å²) in [7, 11) is 3.84. The van der Waals surface area contributed by atoms with Gasteiger partial charge in [-0.2, -0.15) is 13.2 Å². The predicted octanol–water partition coefficient (Wildman–Crippen LogP) is 4.56. The van der Waals surface area contributed by atoms with E-state index in [1.165, 1.54) is 17.5 Å². The zero-order chi connectivity index (χ0) is 24.0. The second-order valence-corrected chi connectivity index (χ2v) is 9.56. The lowest BCUT2D eigenvalue weighted by Gasteiger charge is -2.25. The van der Waals surface area contributed by atoms with E-state index in [4.69, 9.17) is 0 Å². The molecule has 2 atom stereocenters. The zero-order valence-electron chi connectivity index (χ0n) is 18.8. The summed E-state index contributed by atoms with van der Waals surface area (Å²) in [6, 6.07) is 8.07. The first-order chi connectivity index (χ1) is 15.6. The minimum absolute atomic E-state index is 0.00123. The Bertz CT molecular complexity index is 1020. The molecule has 2 heterocycles. The summed E-state index contributed by atoms with van der Waals surface area (Å²) < 4.78 is 39.2. The van der Waals surface area contributed by atoms with Gasteiger partial charge in [0, 0.05) is 36.0 Å².